The number of benzene rings is 2. The minimum Gasteiger partial charge on any atom is -0.485 e. The number of nitrogens with one attached hydrogen (secondary N) is 2. The van der Waals surface area contributed by atoms with Crippen LogP contribution in [0.5, 0.6) is 5.75 Å². The molecule has 0 aliphatic carbocycles. The number of hydrogen-bond acceptors (Lipinski definition) is 7. The number of carbonyl (C=O) groups is 1. The highest BCUT2D eigenvalue weighted by Gasteiger charge is 2.29. The van der Waals surface area contributed by atoms with Gasteiger partial charge in [-0.25, -0.2) is 12.8 Å². The molecule has 0 radical (unpaired) electrons. The van der Waals surface area contributed by atoms with Crippen molar-refractivity contribution in [2.75, 3.05) is 38.2 Å². The lowest BCUT2D eigenvalue weighted by molar-refractivity contribution is 0.0948. The smallest absolute Gasteiger partial charge is 0.256 e. The summed E-state index contributed by atoms with van der Waals surface area (Å²) in [5, 5.41) is 7.79. The van der Waals surface area contributed by atoms with E-state index in [1.165, 1.54) is 6.20 Å². The maximum absolute atomic E-state index is 15.9. The number of fused-ring (bicyclic) bond motifs is 5. The molecule has 2 fully saturated rings. The number of hydrogen-bond donors (Lipinski definition) is 2. The number of rotatable bonds is 6. The number of likely N-dealkylation sites (tertiary alicyclic amines) is 1. The first-order valence-electron chi connectivity index (χ1n) is 14.6. The van der Waals surface area contributed by atoms with E-state index < -0.39 is 33.0 Å². The molecule has 0 saturated carbocycles. The van der Waals surface area contributed by atoms with Gasteiger partial charge in [-0.3, -0.25) is 9.59 Å². The number of allylic oxidation sites excluding steroid dienone is 1. The molecule has 2 saturated heterocycles. The summed E-state index contributed by atoms with van der Waals surface area (Å²) in [7, 11) is -1.16. The topological polar surface area (TPSA) is 110 Å². The van der Waals surface area contributed by atoms with Crippen LogP contribution in [0.1, 0.15) is 36.0 Å². The number of ether oxygens (including phenoxy) is 1. The molecule has 2 unspecified atom stereocenters. The van der Waals surface area contributed by atoms with Crippen molar-refractivity contribution in [3.05, 3.63) is 80.5 Å². The molecule has 2 aromatic carbocycles. The van der Waals surface area contributed by atoms with Crippen molar-refractivity contribution in [1.82, 2.24) is 20.1 Å². The van der Waals surface area contributed by atoms with Crippen LogP contribution >= 0.6 is 0 Å². The van der Waals surface area contributed by atoms with Crippen LogP contribution in [0.4, 0.5) is 4.39 Å². The number of amides is 1. The maximum Gasteiger partial charge on any atom is 0.256 e. The number of carbonyl (C=O) groups excluding carboxylic acids is 1. The van der Waals surface area contributed by atoms with E-state index in [4.69, 9.17) is 4.74 Å². The van der Waals surface area contributed by atoms with Crippen LogP contribution in [0.15, 0.2) is 58.9 Å². The third-order valence-electron chi connectivity index (χ3n) is 8.66. The lowest BCUT2D eigenvalue weighted by atomic mass is 10.1. The fourth-order valence-corrected chi connectivity index (χ4v) is 7.87. The third kappa shape index (κ3) is 5.96. The van der Waals surface area contributed by atoms with Crippen molar-refractivity contribution in [2.24, 2.45) is 0 Å². The van der Waals surface area contributed by atoms with Gasteiger partial charge in [-0.15, -0.1) is 0 Å². The summed E-state index contributed by atoms with van der Waals surface area (Å²) >= 11 is 0. The van der Waals surface area contributed by atoms with E-state index >= 15 is 4.39 Å². The molecule has 11 heteroatoms. The van der Waals surface area contributed by atoms with Gasteiger partial charge in [0.15, 0.2) is 9.84 Å². The first kappa shape index (κ1) is 29.1. The predicted molar refractivity (Wildman–Crippen MR) is 165 cm³/mol. The molecule has 3 aromatic rings. The molecule has 43 heavy (non-hydrogen) atoms. The van der Waals surface area contributed by atoms with Gasteiger partial charge in [0.05, 0.1) is 22.9 Å². The van der Waals surface area contributed by atoms with Crippen molar-refractivity contribution >= 4 is 39.2 Å². The van der Waals surface area contributed by atoms with Crippen LogP contribution in [0.2, 0.25) is 0 Å². The van der Waals surface area contributed by atoms with Gasteiger partial charge in [-0.05, 0) is 68.3 Å². The normalized spacial score (nSPS) is 24.1. The van der Waals surface area contributed by atoms with Gasteiger partial charge in [-0.2, -0.15) is 0 Å². The average molecular weight is 607 g/mol. The van der Waals surface area contributed by atoms with Crippen LogP contribution in [0, 0.1) is 0 Å². The van der Waals surface area contributed by atoms with E-state index in [1.54, 1.807) is 4.57 Å². The largest absolute Gasteiger partial charge is 0.485 e. The second-order valence-corrected chi connectivity index (χ2v) is 13.8. The Morgan fingerprint density at radius 3 is 2.65 bits per heavy atom. The van der Waals surface area contributed by atoms with E-state index in [2.05, 4.69) is 29.2 Å². The van der Waals surface area contributed by atoms with E-state index in [1.807, 2.05) is 36.4 Å². The number of halogens is 1. The predicted octanol–water partition coefficient (Wildman–Crippen LogP) is 1.75. The summed E-state index contributed by atoms with van der Waals surface area (Å²) < 4.78 is 47.8. The zero-order valence-corrected chi connectivity index (χ0v) is 24.9. The molecule has 6 rings (SSSR count). The molecule has 4 heterocycles. The average Bonchev–Trinajstić information content (AvgIpc) is 3.55. The molecule has 1 amide bonds. The summed E-state index contributed by atoms with van der Waals surface area (Å²) in [4.78, 5) is 29.4. The molecular formula is C32H35FN4O5S. The minimum atomic E-state index is -3.22. The Bertz CT molecular complexity index is 1920. The summed E-state index contributed by atoms with van der Waals surface area (Å²) in [6.07, 6.45) is 5.78. The van der Waals surface area contributed by atoms with Crippen LogP contribution in [0.3, 0.4) is 0 Å². The van der Waals surface area contributed by atoms with E-state index in [-0.39, 0.29) is 39.9 Å². The van der Waals surface area contributed by atoms with E-state index in [0.29, 0.717) is 30.4 Å². The van der Waals surface area contributed by atoms with Gasteiger partial charge < -0.3 is 24.8 Å². The maximum atomic E-state index is 15.9. The highest BCUT2D eigenvalue weighted by Crippen LogP contribution is 2.29. The van der Waals surface area contributed by atoms with Gasteiger partial charge in [0.1, 0.15) is 23.7 Å². The summed E-state index contributed by atoms with van der Waals surface area (Å²) in [5.74, 6) is -1.05. The fraction of sp³-hybridized carbons (Fsp3) is 0.375. The second kappa shape index (κ2) is 11.6. The molecule has 2 N–H and O–H groups in total. The molecule has 3 aliphatic rings. The van der Waals surface area contributed by atoms with Crippen molar-refractivity contribution in [3.8, 4) is 11.4 Å². The molecule has 9 nitrogen and oxygen atoms in total. The van der Waals surface area contributed by atoms with Gasteiger partial charge in [0.25, 0.3) is 5.91 Å². The molecule has 2 bridgehead atoms. The lowest BCUT2D eigenvalue weighted by Crippen LogP contribution is -2.48. The number of pyridine rings is 1. The van der Waals surface area contributed by atoms with Gasteiger partial charge >= 0.3 is 0 Å². The standard InChI is InChI=1S/C32H35FN4O5S/c1-20-25-16-27(33)28(35-23-10-13-43(40,41)19-23)18-42-30-15-22-7-4-3-6-21(22)14-29(30)37(20)17-26(31(25)38)32(39)34-11-9-24-8-5-12-36(24)2/h3-4,6-7,14-17,23-24,35H,1,5,8-13,18-19H2,2H3,(H,34,39)/b25-16+,28-27-. The Labute approximate surface area is 249 Å². The highest BCUT2D eigenvalue weighted by atomic mass is 32.2. The van der Waals surface area contributed by atoms with E-state index in [9.17, 15) is 18.0 Å². The number of sulfone groups is 1. The number of aromatic nitrogens is 1. The summed E-state index contributed by atoms with van der Waals surface area (Å²) in [6, 6.07) is 11.2. The van der Waals surface area contributed by atoms with Crippen LogP contribution in [0.25, 0.3) is 29.1 Å². The molecule has 1 aromatic heterocycles. The quantitative estimate of drug-likeness (QED) is 0.440. The SMILES string of the molecule is C=c1\c2c(=O)c(C(=O)NCCC3CCCN3C)cn1-c1cc3ccccc3cc1OC/C(NC1CCS(=O)(=O)C1)=C(F)\C=2. The van der Waals surface area contributed by atoms with Crippen molar-refractivity contribution < 1.29 is 22.3 Å². The van der Waals surface area contributed by atoms with Crippen molar-refractivity contribution in [1.29, 1.82) is 0 Å². The fourth-order valence-electron chi connectivity index (χ4n) is 6.20. The molecule has 226 valence electrons. The third-order valence-corrected chi connectivity index (χ3v) is 10.4. The van der Waals surface area contributed by atoms with Crippen LogP contribution < -0.4 is 31.4 Å². The Morgan fingerprint density at radius 1 is 1.19 bits per heavy atom. The Balaban J connectivity index is 1.46. The van der Waals surface area contributed by atoms with Gasteiger partial charge in [0, 0.05) is 35.4 Å². The van der Waals surface area contributed by atoms with Crippen LogP contribution in [-0.2, 0) is 9.84 Å². The molecule has 0 spiro atoms. The van der Waals surface area contributed by atoms with Gasteiger partial charge in [0.2, 0.25) is 5.43 Å². The van der Waals surface area contributed by atoms with Crippen molar-refractivity contribution in [2.45, 2.75) is 37.8 Å². The minimum absolute atomic E-state index is 0.0148. The lowest BCUT2D eigenvalue weighted by Gasteiger charge is -2.21. The Morgan fingerprint density at radius 2 is 1.95 bits per heavy atom. The zero-order valence-electron chi connectivity index (χ0n) is 24.1. The van der Waals surface area contributed by atoms with E-state index in [0.717, 1.165) is 42.7 Å². The Hall–Kier alpha value is -3.96. The first-order valence-corrected chi connectivity index (χ1v) is 16.4. The Kier molecular flexibility index (Phi) is 7.87. The molecule has 2 atom stereocenters. The number of nitrogens with zero attached hydrogens (tertiary/aromatic N) is 2. The summed E-state index contributed by atoms with van der Waals surface area (Å²) in [6.45, 7) is 5.31. The highest BCUT2D eigenvalue weighted by molar-refractivity contribution is 7.91. The first-order chi connectivity index (χ1) is 20.6. The van der Waals surface area contributed by atoms with Crippen molar-refractivity contribution in [3.63, 3.8) is 0 Å². The summed E-state index contributed by atoms with van der Waals surface area (Å²) in [5.41, 5.74) is -0.227. The van der Waals surface area contributed by atoms with Gasteiger partial charge in [-0.1, -0.05) is 30.8 Å². The van der Waals surface area contributed by atoms with Crippen LogP contribution in [-0.4, -0.2) is 74.1 Å². The second-order valence-electron chi connectivity index (χ2n) is 11.6. The zero-order chi connectivity index (χ0) is 30.3. The monoisotopic (exact) mass is 606 g/mol. The molecule has 3 aliphatic heterocycles. The molecular weight excluding hydrogens is 571 g/mol.